The largest absolute Gasteiger partial charge is 0.496 e. The molecule has 1 aromatic heterocycles. The summed E-state index contributed by atoms with van der Waals surface area (Å²) in [5.41, 5.74) is 3.72. The van der Waals surface area contributed by atoms with Crippen LogP contribution in [0.4, 0.5) is 0 Å². The van der Waals surface area contributed by atoms with Gasteiger partial charge in [0.25, 0.3) is 0 Å². The van der Waals surface area contributed by atoms with Crippen LogP contribution in [0.25, 0.3) is 6.08 Å². The number of allylic oxidation sites excluding steroid dienone is 1. The first-order valence-corrected chi connectivity index (χ1v) is 9.88. The maximum atomic E-state index is 12.3. The first-order valence-electron chi connectivity index (χ1n) is 9.88. The number of benzene rings is 2. The molecule has 0 fully saturated rings. The Hall–Kier alpha value is -3.34. The van der Waals surface area contributed by atoms with Crippen LogP contribution in [0.1, 0.15) is 48.0 Å². The number of ether oxygens (including phenoxy) is 2. The Bertz CT molecular complexity index is 1040. The minimum absolute atomic E-state index is 0.0949. The molecule has 0 aliphatic carbocycles. The number of aromatic nitrogens is 2. The molecule has 3 rings (SSSR count). The fraction of sp³-hybridized carbons (Fsp3) is 0.280. The van der Waals surface area contributed by atoms with Crippen LogP contribution in [0.3, 0.4) is 0 Å². The molecular formula is C25H28N2O3. The fourth-order valence-corrected chi connectivity index (χ4v) is 3.10. The molecule has 156 valence electrons. The Kier molecular flexibility index (Phi) is 6.40. The fourth-order valence-electron chi connectivity index (χ4n) is 3.10. The van der Waals surface area contributed by atoms with E-state index in [0.717, 1.165) is 22.6 Å². The van der Waals surface area contributed by atoms with Crippen LogP contribution in [-0.4, -0.2) is 22.7 Å². The first-order chi connectivity index (χ1) is 14.3. The summed E-state index contributed by atoms with van der Waals surface area (Å²) < 4.78 is 13.0. The number of aryl methyl sites for hydroxylation is 1. The van der Waals surface area contributed by atoms with Crippen LogP contribution in [0.2, 0.25) is 0 Å². The highest BCUT2D eigenvalue weighted by molar-refractivity contribution is 6.05. The Morgan fingerprint density at radius 2 is 1.83 bits per heavy atom. The monoisotopic (exact) mass is 404 g/mol. The predicted octanol–water partition coefficient (Wildman–Crippen LogP) is 5.20. The van der Waals surface area contributed by atoms with Gasteiger partial charge in [0, 0.05) is 18.8 Å². The molecule has 1 heterocycles. The molecule has 0 spiro atoms. The zero-order valence-corrected chi connectivity index (χ0v) is 18.2. The molecule has 0 radical (unpaired) electrons. The number of ketones is 1. The SMILES string of the molecule is COc1ccc(/C=C/C(=O)c2ccnn2C)cc1COc1ccc(C(C)(C)C)cc1. The molecule has 0 atom stereocenters. The Balaban J connectivity index is 1.72. The number of nitrogens with zero attached hydrogens (tertiary/aromatic N) is 2. The highest BCUT2D eigenvalue weighted by atomic mass is 16.5. The molecule has 0 N–H and O–H groups in total. The summed E-state index contributed by atoms with van der Waals surface area (Å²) in [6, 6.07) is 15.6. The van der Waals surface area contributed by atoms with E-state index in [4.69, 9.17) is 9.47 Å². The third kappa shape index (κ3) is 5.17. The molecule has 0 bridgehead atoms. The van der Waals surface area contributed by atoms with E-state index < -0.39 is 0 Å². The lowest BCUT2D eigenvalue weighted by Gasteiger charge is -2.19. The highest BCUT2D eigenvalue weighted by Gasteiger charge is 2.13. The van der Waals surface area contributed by atoms with Gasteiger partial charge in [-0.25, -0.2) is 0 Å². The van der Waals surface area contributed by atoms with Gasteiger partial charge in [0.1, 0.15) is 23.8 Å². The summed E-state index contributed by atoms with van der Waals surface area (Å²) in [7, 11) is 3.39. The third-order valence-electron chi connectivity index (χ3n) is 4.92. The quantitative estimate of drug-likeness (QED) is 0.401. The van der Waals surface area contributed by atoms with Crippen molar-refractivity contribution in [1.82, 2.24) is 9.78 Å². The normalized spacial score (nSPS) is 11.6. The molecule has 2 aromatic carbocycles. The number of hydrogen-bond acceptors (Lipinski definition) is 4. The van der Waals surface area contributed by atoms with E-state index in [1.807, 2.05) is 30.3 Å². The molecule has 0 aliphatic heterocycles. The lowest BCUT2D eigenvalue weighted by Crippen LogP contribution is -2.10. The zero-order chi connectivity index (χ0) is 21.7. The summed E-state index contributed by atoms with van der Waals surface area (Å²) in [6.45, 7) is 6.93. The Morgan fingerprint density at radius 1 is 1.10 bits per heavy atom. The summed E-state index contributed by atoms with van der Waals surface area (Å²) in [5.74, 6) is 1.45. The van der Waals surface area contributed by atoms with Crippen LogP contribution in [0, 0.1) is 0 Å². The van der Waals surface area contributed by atoms with Crippen LogP contribution >= 0.6 is 0 Å². The molecule has 0 unspecified atom stereocenters. The molecule has 3 aromatic rings. The average molecular weight is 405 g/mol. The average Bonchev–Trinajstić information content (AvgIpc) is 3.16. The van der Waals surface area contributed by atoms with E-state index in [9.17, 15) is 4.79 Å². The molecule has 0 saturated heterocycles. The summed E-state index contributed by atoms with van der Waals surface area (Å²) in [5, 5.41) is 4.03. The van der Waals surface area contributed by atoms with Gasteiger partial charge in [0.05, 0.1) is 7.11 Å². The maximum Gasteiger partial charge on any atom is 0.203 e. The standard InChI is InChI=1S/C25H28N2O3/c1-25(2,3)20-8-10-21(11-9-20)30-17-19-16-18(7-13-24(19)29-5)6-12-23(28)22-14-15-26-27(22)4/h6-16H,17H2,1-5H3/b12-6+. The number of methoxy groups -OCH3 is 1. The molecule has 0 saturated carbocycles. The number of hydrogen-bond donors (Lipinski definition) is 0. The number of carbonyl (C=O) groups excluding carboxylic acids is 1. The number of carbonyl (C=O) groups is 1. The molecule has 0 aliphatic rings. The van der Waals surface area contributed by atoms with E-state index in [2.05, 4.69) is 38.0 Å². The van der Waals surface area contributed by atoms with Crippen LogP contribution in [0.15, 0.2) is 60.8 Å². The van der Waals surface area contributed by atoms with Gasteiger partial charge in [0.2, 0.25) is 5.78 Å². The molecule has 0 amide bonds. The second-order valence-electron chi connectivity index (χ2n) is 8.17. The van der Waals surface area contributed by atoms with Gasteiger partial charge in [0.15, 0.2) is 0 Å². The van der Waals surface area contributed by atoms with Gasteiger partial charge in [-0.3, -0.25) is 9.48 Å². The van der Waals surface area contributed by atoms with Crippen molar-refractivity contribution < 1.29 is 14.3 Å². The zero-order valence-electron chi connectivity index (χ0n) is 18.2. The van der Waals surface area contributed by atoms with E-state index in [1.165, 1.54) is 5.56 Å². The summed E-state index contributed by atoms with van der Waals surface area (Å²) in [6.07, 6.45) is 4.95. The molecular weight excluding hydrogens is 376 g/mol. The Labute approximate surface area is 178 Å². The third-order valence-corrected chi connectivity index (χ3v) is 4.92. The Morgan fingerprint density at radius 3 is 2.43 bits per heavy atom. The minimum Gasteiger partial charge on any atom is -0.496 e. The van der Waals surface area contributed by atoms with Gasteiger partial charge >= 0.3 is 0 Å². The van der Waals surface area contributed by atoms with E-state index in [1.54, 1.807) is 43.3 Å². The second kappa shape index (κ2) is 8.99. The first kappa shape index (κ1) is 21.4. The van der Waals surface area contributed by atoms with Crippen molar-refractivity contribution in [2.24, 2.45) is 7.05 Å². The molecule has 5 heteroatoms. The van der Waals surface area contributed by atoms with Crippen molar-refractivity contribution in [3.8, 4) is 11.5 Å². The van der Waals surface area contributed by atoms with Crippen molar-refractivity contribution in [1.29, 1.82) is 0 Å². The van der Waals surface area contributed by atoms with E-state index in [0.29, 0.717) is 12.3 Å². The van der Waals surface area contributed by atoms with Crippen LogP contribution in [-0.2, 0) is 19.1 Å². The van der Waals surface area contributed by atoms with E-state index in [-0.39, 0.29) is 11.2 Å². The molecule has 30 heavy (non-hydrogen) atoms. The number of rotatable bonds is 7. The maximum absolute atomic E-state index is 12.3. The van der Waals surface area contributed by atoms with Crippen molar-refractivity contribution in [3.05, 3.63) is 83.2 Å². The molecule has 5 nitrogen and oxygen atoms in total. The van der Waals surface area contributed by atoms with Crippen molar-refractivity contribution in [2.45, 2.75) is 32.8 Å². The van der Waals surface area contributed by atoms with Gasteiger partial charge in [-0.15, -0.1) is 0 Å². The van der Waals surface area contributed by atoms with Gasteiger partial charge < -0.3 is 9.47 Å². The van der Waals surface area contributed by atoms with Gasteiger partial charge in [-0.05, 0) is 52.9 Å². The van der Waals surface area contributed by atoms with E-state index >= 15 is 0 Å². The van der Waals surface area contributed by atoms with Crippen LogP contribution in [0.5, 0.6) is 11.5 Å². The van der Waals surface area contributed by atoms with Crippen molar-refractivity contribution in [3.63, 3.8) is 0 Å². The lowest BCUT2D eigenvalue weighted by molar-refractivity contribution is 0.103. The van der Waals surface area contributed by atoms with Crippen LogP contribution < -0.4 is 9.47 Å². The minimum atomic E-state index is -0.0949. The second-order valence-corrected chi connectivity index (χ2v) is 8.17. The highest BCUT2D eigenvalue weighted by Crippen LogP contribution is 2.26. The predicted molar refractivity (Wildman–Crippen MR) is 119 cm³/mol. The van der Waals surface area contributed by atoms with Gasteiger partial charge in [-0.1, -0.05) is 45.0 Å². The summed E-state index contributed by atoms with van der Waals surface area (Å²) in [4.78, 5) is 12.3. The smallest absolute Gasteiger partial charge is 0.203 e. The van der Waals surface area contributed by atoms with Crippen molar-refractivity contribution >= 4 is 11.9 Å². The topological polar surface area (TPSA) is 53.3 Å². The van der Waals surface area contributed by atoms with Gasteiger partial charge in [-0.2, -0.15) is 5.10 Å². The lowest BCUT2D eigenvalue weighted by atomic mass is 9.87. The van der Waals surface area contributed by atoms with Crippen molar-refractivity contribution in [2.75, 3.05) is 7.11 Å². The summed E-state index contributed by atoms with van der Waals surface area (Å²) >= 11 is 0.